The fraction of sp³-hybridized carbons (Fsp3) is 0.875. The Hall–Kier alpha value is -0.880. The van der Waals surface area contributed by atoms with Gasteiger partial charge in [-0.05, 0) is 37.9 Å². The van der Waals surface area contributed by atoms with E-state index in [1.807, 2.05) is 0 Å². The molecule has 1 heterocycles. The van der Waals surface area contributed by atoms with Gasteiger partial charge in [-0.1, -0.05) is 19.3 Å². The second-order valence-electron chi connectivity index (χ2n) is 6.33. The third-order valence-corrected chi connectivity index (χ3v) is 4.95. The van der Waals surface area contributed by atoms with E-state index in [1.54, 1.807) is 7.11 Å². The number of likely N-dealkylation sites (tertiary alicyclic amines) is 1. The molecule has 2 aliphatic rings. The van der Waals surface area contributed by atoms with E-state index in [0.29, 0.717) is 23.7 Å². The normalized spacial score (nSPS) is 20.7. The zero-order chi connectivity index (χ0) is 15.8. The Balaban J connectivity index is 1.66. The summed E-state index contributed by atoms with van der Waals surface area (Å²) in [4.78, 5) is 14.6. The highest BCUT2D eigenvalue weighted by atomic mass is 32.1. The highest BCUT2D eigenvalue weighted by Gasteiger charge is 2.29. The molecular weight excluding hydrogens is 298 g/mol. The maximum absolute atomic E-state index is 12.5. The molecule has 1 aliphatic heterocycles. The van der Waals surface area contributed by atoms with Gasteiger partial charge in [0.05, 0.1) is 6.61 Å². The molecule has 0 radical (unpaired) electrons. The van der Waals surface area contributed by atoms with Crippen LogP contribution in [0.15, 0.2) is 0 Å². The number of carbonyl (C=O) groups excluding carboxylic acids is 1. The number of rotatable bonds is 5. The lowest BCUT2D eigenvalue weighted by Crippen LogP contribution is -2.50. The Morgan fingerprint density at radius 2 is 1.86 bits per heavy atom. The third kappa shape index (κ3) is 5.39. The molecule has 126 valence electrons. The number of hydrogen-bond donors (Lipinski definition) is 2. The van der Waals surface area contributed by atoms with E-state index in [0.717, 1.165) is 45.3 Å². The minimum atomic E-state index is 0.287. The topological polar surface area (TPSA) is 53.6 Å². The van der Waals surface area contributed by atoms with Crippen molar-refractivity contribution in [1.82, 2.24) is 15.5 Å². The molecule has 0 atom stereocenters. The molecule has 0 aromatic heterocycles. The maximum atomic E-state index is 12.5. The van der Waals surface area contributed by atoms with Crippen LogP contribution in [0, 0.1) is 5.92 Å². The predicted molar refractivity (Wildman–Crippen MR) is 91.8 cm³/mol. The summed E-state index contributed by atoms with van der Waals surface area (Å²) in [5, 5.41) is 7.16. The van der Waals surface area contributed by atoms with E-state index < -0.39 is 0 Å². The summed E-state index contributed by atoms with van der Waals surface area (Å²) in [6.07, 6.45) is 7.86. The van der Waals surface area contributed by atoms with Gasteiger partial charge in [0.25, 0.3) is 0 Å². The van der Waals surface area contributed by atoms with Crippen molar-refractivity contribution in [1.29, 1.82) is 0 Å². The highest BCUT2D eigenvalue weighted by molar-refractivity contribution is 7.80. The minimum Gasteiger partial charge on any atom is -0.383 e. The van der Waals surface area contributed by atoms with Gasteiger partial charge in [-0.2, -0.15) is 0 Å². The van der Waals surface area contributed by atoms with Crippen molar-refractivity contribution in [3.8, 4) is 0 Å². The molecule has 6 heteroatoms. The van der Waals surface area contributed by atoms with Crippen molar-refractivity contribution in [2.45, 2.75) is 51.0 Å². The average Bonchev–Trinajstić information content (AvgIpc) is 2.56. The Morgan fingerprint density at radius 1 is 1.18 bits per heavy atom. The third-order valence-electron chi connectivity index (χ3n) is 4.69. The maximum Gasteiger partial charge on any atom is 0.225 e. The van der Waals surface area contributed by atoms with Crippen LogP contribution >= 0.6 is 12.2 Å². The van der Waals surface area contributed by atoms with Crippen LogP contribution in [0.2, 0.25) is 0 Å². The van der Waals surface area contributed by atoms with E-state index in [2.05, 4.69) is 15.5 Å². The number of amides is 1. The zero-order valence-corrected chi connectivity index (χ0v) is 14.4. The van der Waals surface area contributed by atoms with Crippen LogP contribution in [-0.4, -0.2) is 55.3 Å². The van der Waals surface area contributed by atoms with Gasteiger partial charge in [0.1, 0.15) is 0 Å². The van der Waals surface area contributed by atoms with Crippen LogP contribution in [-0.2, 0) is 9.53 Å². The van der Waals surface area contributed by atoms with Gasteiger partial charge in [-0.15, -0.1) is 0 Å². The Bertz CT molecular complexity index is 364. The summed E-state index contributed by atoms with van der Waals surface area (Å²) in [6, 6.07) is 0.373. The van der Waals surface area contributed by atoms with Gasteiger partial charge in [0.2, 0.25) is 5.91 Å². The predicted octanol–water partition coefficient (Wildman–Crippen LogP) is 1.67. The highest BCUT2D eigenvalue weighted by Crippen LogP contribution is 2.26. The van der Waals surface area contributed by atoms with Crippen molar-refractivity contribution in [2.24, 2.45) is 5.92 Å². The van der Waals surface area contributed by atoms with Crippen LogP contribution in [0.1, 0.15) is 44.9 Å². The summed E-state index contributed by atoms with van der Waals surface area (Å²) >= 11 is 5.27. The Labute approximate surface area is 139 Å². The molecule has 0 spiro atoms. The molecule has 5 nitrogen and oxygen atoms in total. The number of methoxy groups -OCH3 is 1. The van der Waals surface area contributed by atoms with E-state index >= 15 is 0 Å². The van der Waals surface area contributed by atoms with Crippen molar-refractivity contribution < 1.29 is 9.53 Å². The van der Waals surface area contributed by atoms with Crippen molar-refractivity contribution in [2.75, 3.05) is 33.4 Å². The van der Waals surface area contributed by atoms with Gasteiger partial charge in [0, 0.05) is 38.7 Å². The average molecular weight is 327 g/mol. The van der Waals surface area contributed by atoms with Crippen LogP contribution in [0.25, 0.3) is 0 Å². The summed E-state index contributed by atoms with van der Waals surface area (Å²) in [6.45, 7) is 3.08. The molecule has 0 unspecified atom stereocenters. The molecule has 2 N–H and O–H groups in total. The second kappa shape index (κ2) is 9.30. The molecular formula is C16H29N3O2S. The van der Waals surface area contributed by atoms with E-state index in [9.17, 15) is 4.79 Å². The van der Waals surface area contributed by atoms with Crippen LogP contribution in [0.4, 0.5) is 0 Å². The quantitative estimate of drug-likeness (QED) is 0.594. The van der Waals surface area contributed by atoms with Gasteiger partial charge in [0.15, 0.2) is 5.11 Å². The summed E-state index contributed by atoms with van der Waals surface area (Å²) in [7, 11) is 1.68. The van der Waals surface area contributed by atoms with Gasteiger partial charge >= 0.3 is 0 Å². The second-order valence-corrected chi connectivity index (χ2v) is 6.74. The number of nitrogens with one attached hydrogen (secondary N) is 2. The number of piperidine rings is 1. The summed E-state index contributed by atoms with van der Waals surface area (Å²) in [5.74, 6) is 0.675. The summed E-state index contributed by atoms with van der Waals surface area (Å²) < 4.78 is 4.99. The standard InChI is InChI=1S/C16H29N3O2S/c1-21-12-9-17-16(22)18-14-7-10-19(11-8-14)15(20)13-5-3-2-4-6-13/h13-14H,2-12H2,1H3,(H2,17,18,22). The Morgan fingerprint density at radius 3 is 2.50 bits per heavy atom. The first-order chi connectivity index (χ1) is 10.7. The van der Waals surface area contributed by atoms with Crippen molar-refractivity contribution in [3.63, 3.8) is 0 Å². The monoisotopic (exact) mass is 327 g/mol. The lowest BCUT2D eigenvalue weighted by atomic mass is 9.87. The number of hydrogen-bond acceptors (Lipinski definition) is 3. The first-order valence-electron chi connectivity index (χ1n) is 8.53. The SMILES string of the molecule is COCCNC(=S)NC1CCN(C(=O)C2CCCCC2)CC1. The fourth-order valence-electron chi connectivity index (χ4n) is 3.36. The molecule has 0 aromatic carbocycles. The van der Waals surface area contributed by atoms with E-state index in [-0.39, 0.29) is 5.92 Å². The lowest BCUT2D eigenvalue weighted by Gasteiger charge is -2.35. The summed E-state index contributed by atoms with van der Waals surface area (Å²) in [5.41, 5.74) is 0. The first kappa shape index (κ1) is 17.5. The van der Waals surface area contributed by atoms with Gasteiger partial charge in [-0.3, -0.25) is 4.79 Å². The zero-order valence-electron chi connectivity index (χ0n) is 13.6. The van der Waals surface area contributed by atoms with Crippen LogP contribution in [0.3, 0.4) is 0 Å². The van der Waals surface area contributed by atoms with Gasteiger partial charge < -0.3 is 20.3 Å². The number of carbonyl (C=O) groups is 1. The lowest BCUT2D eigenvalue weighted by molar-refractivity contribution is -0.137. The first-order valence-corrected chi connectivity index (χ1v) is 8.93. The molecule has 0 bridgehead atoms. The van der Waals surface area contributed by atoms with Crippen molar-refractivity contribution >= 4 is 23.2 Å². The number of ether oxygens (including phenoxy) is 1. The van der Waals surface area contributed by atoms with Gasteiger partial charge in [-0.25, -0.2) is 0 Å². The molecule has 22 heavy (non-hydrogen) atoms. The Kier molecular flexibility index (Phi) is 7.39. The van der Waals surface area contributed by atoms with Crippen LogP contribution in [0.5, 0.6) is 0 Å². The molecule has 2 rings (SSSR count). The minimum absolute atomic E-state index is 0.287. The number of nitrogens with zero attached hydrogens (tertiary/aromatic N) is 1. The largest absolute Gasteiger partial charge is 0.383 e. The van der Waals surface area contributed by atoms with Crippen LogP contribution < -0.4 is 10.6 Å². The fourth-order valence-corrected chi connectivity index (χ4v) is 3.62. The molecule has 0 aromatic rings. The molecule has 1 amide bonds. The molecule has 2 fully saturated rings. The smallest absolute Gasteiger partial charge is 0.225 e. The van der Waals surface area contributed by atoms with E-state index in [4.69, 9.17) is 17.0 Å². The molecule has 1 aliphatic carbocycles. The molecule has 1 saturated heterocycles. The van der Waals surface area contributed by atoms with Crippen molar-refractivity contribution in [3.05, 3.63) is 0 Å². The molecule has 1 saturated carbocycles. The van der Waals surface area contributed by atoms with E-state index in [1.165, 1.54) is 19.3 Å². The number of thiocarbonyl (C=S) groups is 1.